The first-order chi connectivity index (χ1) is 14.1. The average Bonchev–Trinajstić information content (AvgIpc) is 3.25. The number of halogens is 1. The van der Waals surface area contributed by atoms with Crippen LogP contribution in [-0.4, -0.2) is 43.5 Å². The molecule has 0 saturated carbocycles. The van der Waals surface area contributed by atoms with Crippen LogP contribution >= 0.6 is 15.9 Å². The van der Waals surface area contributed by atoms with Crippen LogP contribution in [0.25, 0.3) is 11.3 Å². The van der Waals surface area contributed by atoms with E-state index in [4.69, 9.17) is 4.42 Å². The van der Waals surface area contributed by atoms with Crippen molar-refractivity contribution in [3.05, 3.63) is 70.9 Å². The van der Waals surface area contributed by atoms with E-state index >= 15 is 0 Å². The Bertz CT molecular complexity index is 959. The number of amides is 1. The molecule has 0 bridgehead atoms. The Labute approximate surface area is 179 Å². The molecule has 3 aromatic rings. The molecule has 4 rings (SSSR count). The first-order valence-corrected chi connectivity index (χ1v) is 10.7. The van der Waals surface area contributed by atoms with Gasteiger partial charge in [-0.1, -0.05) is 35.0 Å². The highest BCUT2D eigenvalue weighted by Gasteiger charge is 2.16. The molecular formula is C23H24BrN3O2. The summed E-state index contributed by atoms with van der Waals surface area (Å²) in [7, 11) is 0. The molecule has 1 fully saturated rings. The van der Waals surface area contributed by atoms with E-state index in [-0.39, 0.29) is 5.91 Å². The van der Waals surface area contributed by atoms with E-state index in [1.165, 1.54) is 5.69 Å². The Hall–Kier alpha value is -2.57. The SMILES string of the molecule is CCN1CCN(c2ccc(NC(=O)c3ccc(-c4ccc(Br)cc4)o3)cc2)CC1. The molecule has 0 radical (unpaired) electrons. The maximum Gasteiger partial charge on any atom is 0.291 e. The fraction of sp³-hybridized carbons (Fsp3) is 0.261. The minimum Gasteiger partial charge on any atom is -0.451 e. The third kappa shape index (κ3) is 4.71. The van der Waals surface area contributed by atoms with Crippen LogP contribution in [0, 0.1) is 0 Å². The summed E-state index contributed by atoms with van der Waals surface area (Å²) < 4.78 is 6.74. The first-order valence-electron chi connectivity index (χ1n) is 9.87. The number of rotatable bonds is 5. The minimum absolute atomic E-state index is 0.252. The number of anilines is 2. The van der Waals surface area contributed by atoms with Crippen molar-refractivity contribution in [2.45, 2.75) is 6.92 Å². The molecular weight excluding hydrogens is 430 g/mol. The third-order valence-electron chi connectivity index (χ3n) is 5.27. The molecule has 5 nitrogen and oxygen atoms in total. The molecule has 0 spiro atoms. The summed E-state index contributed by atoms with van der Waals surface area (Å²) in [5, 5.41) is 2.91. The number of piperazine rings is 1. The Kier molecular flexibility index (Phi) is 6.02. The molecule has 1 aromatic heterocycles. The predicted octanol–water partition coefficient (Wildman–Crippen LogP) is 5.10. The lowest BCUT2D eigenvalue weighted by Gasteiger charge is -2.35. The van der Waals surface area contributed by atoms with Crippen LogP contribution < -0.4 is 10.2 Å². The molecule has 6 heteroatoms. The average molecular weight is 454 g/mol. The van der Waals surface area contributed by atoms with E-state index in [0.29, 0.717) is 11.5 Å². The fourth-order valence-electron chi connectivity index (χ4n) is 3.50. The fourth-order valence-corrected chi connectivity index (χ4v) is 3.76. The van der Waals surface area contributed by atoms with Gasteiger partial charge in [-0.25, -0.2) is 0 Å². The third-order valence-corrected chi connectivity index (χ3v) is 5.80. The lowest BCUT2D eigenvalue weighted by atomic mass is 10.2. The van der Waals surface area contributed by atoms with Gasteiger partial charge in [0.15, 0.2) is 5.76 Å². The summed E-state index contributed by atoms with van der Waals surface area (Å²) in [6.45, 7) is 7.56. The highest BCUT2D eigenvalue weighted by atomic mass is 79.9. The van der Waals surface area contributed by atoms with Gasteiger partial charge in [-0.15, -0.1) is 0 Å². The summed E-state index contributed by atoms with van der Waals surface area (Å²) in [6, 6.07) is 19.3. The van der Waals surface area contributed by atoms with E-state index in [0.717, 1.165) is 48.4 Å². The molecule has 1 aliphatic rings. The molecule has 150 valence electrons. The second-order valence-electron chi connectivity index (χ2n) is 7.09. The van der Waals surface area contributed by atoms with Crippen LogP contribution in [0.3, 0.4) is 0 Å². The summed E-state index contributed by atoms with van der Waals surface area (Å²) in [6.07, 6.45) is 0. The Balaban J connectivity index is 1.38. The van der Waals surface area contributed by atoms with Crippen molar-refractivity contribution in [2.75, 3.05) is 42.9 Å². The number of benzene rings is 2. The zero-order valence-electron chi connectivity index (χ0n) is 16.4. The standard InChI is InChI=1S/C23H24BrN3O2/c1-2-26-13-15-27(16-14-26)20-9-7-19(8-10-20)25-23(28)22-12-11-21(29-22)17-3-5-18(24)6-4-17/h3-12H,2,13-16H2,1H3,(H,25,28). The zero-order valence-corrected chi connectivity index (χ0v) is 18.0. The topological polar surface area (TPSA) is 48.7 Å². The van der Waals surface area contributed by atoms with Crippen LogP contribution in [-0.2, 0) is 0 Å². The molecule has 0 unspecified atom stereocenters. The van der Waals surface area contributed by atoms with Gasteiger partial charge in [0.25, 0.3) is 5.91 Å². The van der Waals surface area contributed by atoms with Crippen molar-refractivity contribution in [3.63, 3.8) is 0 Å². The molecule has 2 heterocycles. The van der Waals surface area contributed by atoms with E-state index in [2.05, 4.69) is 50.1 Å². The number of nitrogens with zero attached hydrogens (tertiary/aromatic N) is 2. The van der Waals surface area contributed by atoms with Crippen molar-refractivity contribution in [1.29, 1.82) is 0 Å². The summed E-state index contributed by atoms with van der Waals surface area (Å²) >= 11 is 3.42. The highest BCUT2D eigenvalue weighted by molar-refractivity contribution is 9.10. The van der Waals surface area contributed by atoms with Gasteiger partial charge in [0.05, 0.1) is 0 Å². The van der Waals surface area contributed by atoms with Gasteiger partial charge in [-0.05, 0) is 55.1 Å². The second kappa shape index (κ2) is 8.84. The molecule has 0 atom stereocenters. The van der Waals surface area contributed by atoms with Crippen LogP contribution in [0.4, 0.5) is 11.4 Å². The summed E-state index contributed by atoms with van der Waals surface area (Å²) in [5.41, 5.74) is 2.88. The predicted molar refractivity (Wildman–Crippen MR) is 121 cm³/mol. The maximum absolute atomic E-state index is 12.5. The van der Waals surface area contributed by atoms with Crippen LogP contribution in [0.5, 0.6) is 0 Å². The number of nitrogens with one attached hydrogen (secondary N) is 1. The summed E-state index contributed by atoms with van der Waals surface area (Å²) in [5.74, 6) is 0.713. The number of carbonyl (C=O) groups is 1. The van der Waals surface area contributed by atoms with Crippen LogP contribution in [0.1, 0.15) is 17.5 Å². The van der Waals surface area contributed by atoms with Gasteiger partial charge in [0.1, 0.15) is 5.76 Å². The Morgan fingerprint density at radius 1 is 0.966 bits per heavy atom. The van der Waals surface area contributed by atoms with Crippen LogP contribution in [0.2, 0.25) is 0 Å². The normalized spacial score (nSPS) is 14.8. The van der Waals surface area contributed by atoms with Crippen molar-refractivity contribution < 1.29 is 9.21 Å². The Morgan fingerprint density at radius 2 is 1.66 bits per heavy atom. The highest BCUT2D eigenvalue weighted by Crippen LogP contribution is 2.25. The quantitative estimate of drug-likeness (QED) is 0.583. The number of hydrogen-bond donors (Lipinski definition) is 1. The van der Waals surface area contributed by atoms with Crippen LogP contribution in [0.15, 0.2) is 69.6 Å². The number of furan rings is 1. The van der Waals surface area contributed by atoms with Crippen molar-refractivity contribution >= 4 is 33.2 Å². The summed E-state index contributed by atoms with van der Waals surface area (Å²) in [4.78, 5) is 17.4. The number of carbonyl (C=O) groups excluding carboxylic acids is 1. The first kappa shape index (κ1) is 19.7. The molecule has 29 heavy (non-hydrogen) atoms. The van der Waals surface area contributed by atoms with Crippen molar-refractivity contribution in [3.8, 4) is 11.3 Å². The molecule has 0 aliphatic carbocycles. The molecule has 2 aromatic carbocycles. The van der Waals surface area contributed by atoms with Crippen molar-refractivity contribution in [1.82, 2.24) is 4.90 Å². The van der Waals surface area contributed by atoms with Gasteiger partial charge in [0.2, 0.25) is 0 Å². The molecule has 1 aliphatic heterocycles. The maximum atomic E-state index is 12.5. The monoisotopic (exact) mass is 453 g/mol. The van der Waals surface area contributed by atoms with Gasteiger partial charge in [-0.2, -0.15) is 0 Å². The van der Waals surface area contributed by atoms with Gasteiger partial charge >= 0.3 is 0 Å². The smallest absolute Gasteiger partial charge is 0.291 e. The Morgan fingerprint density at radius 3 is 2.31 bits per heavy atom. The van der Waals surface area contributed by atoms with E-state index in [1.54, 1.807) is 6.07 Å². The molecule has 1 N–H and O–H groups in total. The van der Waals surface area contributed by atoms with E-state index in [9.17, 15) is 4.79 Å². The van der Waals surface area contributed by atoms with Gasteiger partial charge in [0, 0.05) is 47.6 Å². The van der Waals surface area contributed by atoms with Gasteiger partial charge in [-0.3, -0.25) is 4.79 Å². The van der Waals surface area contributed by atoms with E-state index < -0.39 is 0 Å². The zero-order chi connectivity index (χ0) is 20.2. The lowest BCUT2D eigenvalue weighted by Crippen LogP contribution is -2.46. The second-order valence-corrected chi connectivity index (χ2v) is 8.01. The van der Waals surface area contributed by atoms with Crippen molar-refractivity contribution in [2.24, 2.45) is 0 Å². The lowest BCUT2D eigenvalue weighted by molar-refractivity contribution is 0.0997. The molecule has 1 saturated heterocycles. The largest absolute Gasteiger partial charge is 0.451 e. The number of hydrogen-bond acceptors (Lipinski definition) is 4. The number of likely N-dealkylation sites (N-methyl/N-ethyl adjacent to an activating group) is 1. The molecule has 1 amide bonds. The minimum atomic E-state index is -0.252. The van der Waals surface area contributed by atoms with E-state index in [1.807, 2.05) is 42.5 Å². The van der Waals surface area contributed by atoms with Gasteiger partial charge < -0.3 is 19.5 Å².